The van der Waals surface area contributed by atoms with Gasteiger partial charge in [-0.05, 0) is 42.8 Å². The molecule has 0 aliphatic carbocycles. The van der Waals surface area contributed by atoms with Gasteiger partial charge in [-0.25, -0.2) is 4.39 Å². The molecule has 4 nitrogen and oxygen atoms in total. The van der Waals surface area contributed by atoms with Crippen molar-refractivity contribution in [1.29, 1.82) is 0 Å². The molecule has 126 valence electrons. The lowest BCUT2D eigenvalue weighted by Crippen LogP contribution is -2.21. The maximum absolute atomic E-state index is 13.6. The van der Waals surface area contributed by atoms with Crippen LogP contribution in [0.4, 0.5) is 10.1 Å². The van der Waals surface area contributed by atoms with Crippen LogP contribution in [-0.4, -0.2) is 19.6 Å². The van der Waals surface area contributed by atoms with Gasteiger partial charge in [-0.2, -0.15) is 0 Å². The van der Waals surface area contributed by atoms with E-state index in [2.05, 4.69) is 5.32 Å². The number of methoxy groups -OCH3 is 1. The highest BCUT2D eigenvalue weighted by atomic mass is 35.5. The maximum Gasteiger partial charge on any atom is 0.262 e. The summed E-state index contributed by atoms with van der Waals surface area (Å²) in [6.45, 7) is 1.64. The molecular formula is C18H17ClFNO3. The molecule has 0 fully saturated rings. The molecule has 0 spiro atoms. The topological polar surface area (TPSA) is 47.6 Å². The van der Waals surface area contributed by atoms with Gasteiger partial charge in [0.1, 0.15) is 5.82 Å². The van der Waals surface area contributed by atoms with Crippen LogP contribution in [0.1, 0.15) is 12.5 Å². The lowest BCUT2D eigenvalue weighted by molar-refractivity contribution is -0.118. The quantitative estimate of drug-likeness (QED) is 0.833. The van der Waals surface area contributed by atoms with E-state index in [0.29, 0.717) is 11.5 Å². The third-order valence-electron chi connectivity index (χ3n) is 3.11. The molecule has 0 bridgehead atoms. The van der Waals surface area contributed by atoms with Gasteiger partial charge in [0.2, 0.25) is 0 Å². The van der Waals surface area contributed by atoms with Crippen LogP contribution in [0.5, 0.6) is 11.5 Å². The maximum atomic E-state index is 13.6. The largest absolute Gasteiger partial charge is 0.493 e. The minimum absolute atomic E-state index is 0.0448. The van der Waals surface area contributed by atoms with Crippen LogP contribution >= 0.6 is 11.6 Å². The van der Waals surface area contributed by atoms with Crippen molar-refractivity contribution in [2.75, 3.05) is 19.0 Å². The second kappa shape index (κ2) is 8.36. The van der Waals surface area contributed by atoms with Gasteiger partial charge >= 0.3 is 0 Å². The van der Waals surface area contributed by atoms with Crippen molar-refractivity contribution in [3.8, 4) is 11.5 Å². The van der Waals surface area contributed by atoms with Gasteiger partial charge in [0.15, 0.2) is 18.1 Å². The first-order valence-electron chi connectivity index (χ1n) is 7.22. The SMILES string of the molecule is C/C=C/c1ccc(OCC(=O)Nc2ccc(Cl)cc2F)c(OC)c1. The summed E-state index contributed by atoms with van der Waals surface area (Å²) in [6, 6.07) is 9.36. The molecule has 1 amide bonds. The fourth-order valence-electron chi connectivity index (χ4n) is 2.02. The molecule has 0 heterocycles. The molecule has 1 N–H and O–H groups in total. The second-order valence-electron chi connectivity index (χ2n) is 4.87. The van der Waals surface area contributed by atoms with Crippen LogP contribution in [0.25, 0.3) is 6.08 Å². The van der Waals surface area contributed by atoms with Crippen LogP contribution in [-0.2, 0) is 4.79 Å². The van der Waals surface area contributed by atoms with E-state index in [1.807, 2.05) is 25.1 Å². The van der Waals surface area contributed by atoms with Crippen molar-refractivity contribution in [2.45, 2.75) is 6.92 Å². The van der Waals surface area contributed by atoms with E-state index in [9.17, 15) is 9.18 Å². The zero-order chi connectivity index (χ0) is 17.5. The monoisotopic (exact) mass is 349 g/mol. The fourth-order valence-corrected chi connectivity index (χ4v) is 2.18. The zero-order valence-corrected chi connectivity index (χ0v) is 14.1. The number of ether oxygens (including phenoxy) is 2. The van der Waals surface area contributed by atoms with E-state index in [4.69, 9.17) is 21.1 Å². The van der Waals surface area contributed by atoms with E-state index in [0.717, 1.165) is 11.6 Å². The van der Waals surface area contributed by atoms with Crippen molar-refractivity contribution >= 4 is 29.3 Å². The summed E-state index contributed by atoms with van der Waals surface area (Å²) in [5.74, 6) is -0.159. The molecule has 0 saturated carbocycles. The van der Waals surface area contributed by atoms with Gasteiger partial charge < -0.3 is 14.8 Å². The zero-order valence-electron chi connectivity index (χ0n) is 13.3. The van der Waals surface area contributed by atoms with Gasteiger partial charge in [0.25, 0.3) is 5.91 Å². The number of halogens is 2. The Morgan fingerprint density at radius 2 is 2.04 bits per heavy atom. The predicted octanol–water partition coefficient (Wildman–Crippen LogP) is 4.54. The summed E-state index contributed by atoms with van der Waals surface area (Å²) in [7, 11) is 1.52. The molecule has 2 aromatic carbocycles. The lowest BCUT2D eigenvalue weighted by atomic mass is 10.2. The molecule has 6 heteroatoms. The number of nitrogens with one attached hydrogen (secondary N) is 1. The van der Waals surface area contributed by atoms with Crippen LogP contribution in [0.2, 0.25) is 5.02 Å². The molecule has 0 aliphatic rings. The number of benzene rings is 2. The Kier molecular flexibility index (Phi) is 6.21. The summed E-state index contributed by atoms with van der Waals surface area (Å²) in [4.78, 5) is 11.9. The molecule has 0 radical (unpaired) electrons. The van der Waals surface area contributed by atoms with Gasteiger partial charge in [-0.3, -0.25) is 4.79 Å². The number of rotatable bonds is 6. The van der Waals surface area contributed by atoms with Gasteiger partial charge in [0.05, 0.1) is 12.8 Å². The first kappa shape index (κ1) is 17.8. The third-order valence-corrected chi connectivity index (χ3v) is 3.35. The Labute approximate surface area is 144 Å². The van der Waals surface area contributed by atoms with Crippen molar-refractivity contribution < 1.29 is 18.7 Å². The van der Waals surface area contributed by atoms with E-state index >= 15 is 0 Å². The molecule has 24 heavy (non-hydrogen) atoms. The minimum Gasteiger partial charge on any atom is -0.493 e. The number of anilines is 1. The van der Waals surface area contributed by atoms with Crippen LogP contribution < -0.4 is 14.8 Å². The van der Waals surface area contributed by atoms with Crippen molar-refractivity contribution in [3.63, 3.8) is 0 Å². The third kappa shape index (κ3) is 4.73. The first-order chi connectivity index (χ1) is 11.5. The molecule has 0 saturated heterocycles. The molecule has 0 unspecified atom stereocenters. The standard InChI is InChI=1S/C18H17ClFNO3/c1-3-4-12-5-8-16(17(9-12)23-2)24-11-18(22)21-15-7-6-13(19)10-14(15)20/h3-10H,11H2,1-2H3,(H,21,22)/b4-3+. The summed E-state index contributed by atoms with van der Waals surface area (Å²) in [6.07, 6.45) is 3.83. The highest BCUT2D eigenvalue weighted by molar-refractivity contribution is 6.30. The number of carbonyl (C=O) groups is 1. The second-order valence-corrected chi connectivity index (χ2v) is 5.31. The number of amides is 1. The Hall–Kier alpha value is -2.53. The Morgan fingerprint density at radius 1 is 1.25 bits per heavy atom. The van der Waals surface area contributed by atoms with E-state index < -0.39 is 11.7 Å². The Bertz CT molecular complexity index is 762. The molecular weight excluding hydrogens is 333 g/mol. The number of allylic oxidation sites excluding steroid dienone is 1. The summed E-state index contributed by atoms with van der Waals surface area (Å²) in [5.41, 5.74) is 0.998. The highest BCUT2D eigenvalue weighted by Gasteiger charge is 2.10. The highest BCUT2D eigenvalue weighted by Crippen LogP contribution is 2.28. The molecule has 0 aromatic heterocycles. The first-order valence-corrected chi connectivity index (χ1v) is 7.59. The van der Waals surface area contributed by atoms with E-state index in [-0.39, 0.29) is 17.3 Å². The van der Waals surface area contributed by atoms with Crippen LogP contribution in [0.15, 0.2) is 42.5 Å². The number of carbonyl (C=O) groups excluding carboxylic acids is 1. The fraction of sp³-hybridized carbons (Fsp3) is 0.167. The van der Waals surface area contributed by atoms with Crippen LogP contribution in [0.3, 0.4) is 0 Å². The summed E-state index contributed by atoms with van der Waals surface area (Å²) in [5, 5.41) is 2.68. The predicted molar refractivity (Wildman–Crippen MR) is 93.2 cm³/mol. The Morgan fingerprint density at radius 3 is 2.71 bits per heavy atom. The summed E-state index contributed by atoms with van der Waals surface area (Å²) < 4.78 is 24.3. The average molecular weight is 350 g/mol. The molecule has 0 aliphatic heterocycles. The lowest BCUT2D eigenvalue weighted by Gasteiger charge is -2.12. The smallest absolute Gasteiger partial charge is 0.262 e. The molecule has 0 atom stereocenters. The van der Waals surface area contributed by atoms with E-state index in [1.54, 1.807) is 12.1 Å². The molecule has 2 rings (SSSR count). The Balaban J connectivity index is 2.01. The van der Waals surface area contributed by atoms with E-state index in [1.165, 1.54) is 19.2 Å². The van der Waals surface area contributed by atoms with Gasteiger partial charge in [0, 0.05) is 5.02 Å². The summed E-state index contributed by atoms with van der Waals surface area (Å²) >= 11 is 5.67. The average Bonchev–Trinajstić information content (AvgIpc) is 2.56. The normalized spacial score (nSPS) is 10.7. The van der Waals surface area contributed by atoms with Gasteiger partial charge in [-0.1, -0.05) is 29.8 Å². The van der Waals surface area contributed by atoms with Crippen molar-refractivity contribution in [1.82, 2.24) is 0 Å². The number of hydrogen-bond donors (Lipinski definition) is 1. The van der Waals surface area contributed by atoms with Gasteiger partial charge in [-0.15, -0.1) is 0 Å². The van der Waals surface area contributed by atoms with Crippen molar-refractivity contribution in [3.05, 3.63) is 58.9 Å². The van der Waals surface area contributed by atoms with Crippen LogP contribution in [0, 0.1) is 5.82 Å². The number of hydrogen-bond acceptors (Lipinski definition) is 3. The molecule has 2 aromatic rings. The minimum atomic E-state index is -0.607. The van der Waals surface area contributed by atoms with Crippen molar-refractivity contribution in [2.24, 2.45) is 0 Å².